The quantitative estimate of drug-likeness (QED) is 0.646. The summed E-state index contributed by atoms with van der Waals surface area (Å²) in [6, 6.07) is 0. The Kier molecular flexibility index (Phi) is 4.58. The lowest BCUT2D eigenvalue weighted by Gasteiger charge is -2.26. The molecule has 1 aliphatic rings. The van der Waals surface area contributed by atoms with Crippen LogP contribution in [0.3, 0.4) is 0 Å². The minimum Gasteiger partial charge on any atom is -0.391 e. The van der Waals surface area contributed by atoms with Gasteiger partial charge in [-0.15, -0.1) is 0 Å². The van der Waals surface area contributed by atoms with E-state index >= 15 is 0 Å². The zero-order valence-electron chi connectivity index (χ0n) is 7.75. The Morgan fingerprint density at radius 1 is 1.67 bits per heavy atom. The van der Waals surface area contributed by atoms with Crippen molar-refractivity contribution in [3.05, 3.63) is 0 Å². The molecule has 0 aliphatic carbocycles. The molecule has 3 heteroatoms. The van der Waals surface area contributed by atoms with E-state index in [1.807, 2.05) is 6.92 Å². The lowest BCUT2D eigenvalue weighted by atomic mass is 9.96. The van der Waals surface area contributed by atoms with E-state index in [-0.39, 0.29) is 6.10 Å². The zero-order valence-corrected chi connectivity index (χ0v) is 7.75. The molecule has 1 saturated heterocycles. The zero-order chi connectivity index (χ0) is 8.81. The molecule has 1 aliphatic heterocycles. The van der Waals surface area contributed by atoms with E-state index in [0.717, 1.165) is 32.6 Å². The Hall–Kier alpha value is -0.120. The molecule has 0 aromatic heterocycles. The summed E-state index contributed by atoms with van der Waals surface area (Å²) in [5.74, 6) is 0.345. The summed E-state index contributed by atoms with van der Waals surface area (Å²) in [7, 11) is 0. The van der Waals surface area contributed by atoms with E-state index in [0.29, 0.717) is 12.5 Å². The molecular weight excluding hydrogens is 154 g/mol. The van der Waals surface area contributed by atoms with Gasteiger partial charge < -0.3 is 15.2 Å². The van der Waals surface area contributed by atoms with Crippen molar-refractivity contribution in [2.75, 3.05) is 26.3 Å². The lowest BCUT2D eigenvalue weighted by molar-refractivity contribution is -0.00803. The number of likely N-dealkylation sites (N-methyl/N-ethyl adjacent to an activating group) is 1. The third-order valence-corrected chi connectivity index (χ3v) is 2.34. The molecule has 2 N–H and O–H groups in total. The number of aliphatic hydroxyl groups is 1. The van der Waals surface area contributed by atoms with Crippen molar-refractivity contribution in [1.29, 1.82) is 0 Å². The van der Waals surface area contributed by atoms with Crippen LogP contribution >= 0.6 is 0 Å². The van der Waals surface area contributed by atoms with Crippen LogP contribution in [0.4, 0.5) is 0 Å². The molecule has 2 unspecified atom stereocenters. The van der Waals surface area contributed by atoms with Gasteiger partial charge in [0.25, 0.3) is 0 Å². The second-order valence-corrected chi connectivity index (χ2v) is 3.35. The molecule has 3 nitrogen and oxygen atoms in total. The van der Waals surface area contributed by atoms with Crippen molar-refractivity contribution in [2.24, 2.45) is 5.92 Å². The van der Waals surface area contributed by atoms with Gasteiger partial charge in [-0.1, -0.05) is 6.92 Å². The Morgan fingerprint density at radius 3 is 3.08 bits per heavy atom. The van der Waals surface area contributed by atoms with Gasteiger partial charge in [-0.05, 0) is 19.4 Å². The van der Waals surface area contributed by atoms with Gasteiger partial charge in [0, 0.05) is 19.1 Å². The van der Waals surface area contributed by atoms with Crippen LogP contribution in [0.25, 0.3) is 0 Å². The number of nitrogens with one attached hydrogen (secondary N) is 1. The van der Waals surface area contributed by atoms with E-state index in [4.69, 9.17) is 4.74 Å². The minimum absolute atomic E-state index is 0.231. The fourth-order valence-electron chi connectivity index (χ4n) is 1.53. The van der Waals surface area contributed by atoms with Crippen molar-refractivity contribution >= 4 is 0 Å². The largest absolute Gasteiger partial charge is 0.391 e. The number of aliphatic hydroxyl groups excluding tert-OH is 1. The highest BCUT2D eigenvalue weighted by molar-refractivity contribution is 4.73. The highest BCUT2D eigenvalue weighted by Gasteiger charge is 2.21. The maximum Gasteiger partial charge on any atom is 0.0714 e. The molecule has 1 heterocycles. The van der Waals surface area contributed by atoms with E-state index in [1.54, 1.807) is 0 Å². The van der Waals surface area contributed by atoms with Crippen LogP contribution in [-0.4, -0.2) is 37.5 Å². The Bertz CT molecular complexity index is 113. The monoisotopic (exact) mass is 173 g/mol. The highest BCUT2D eigenvalue weighted by atomic mass is 16.5. The topological polar surface area (TPSA) is 41.5 Å². The van der Waals surface area contributed by atoms with Crippen molar-refractivity contribution < 1.29 is 9.84 Å². The molecular formula is C9H19NO2. The van der Waals surface area contributed by atoms with Gasteiger partial charge in [0.2, 0.25) is 0 Å². The average Bonchev–Trinajstić information content (AvgIpc) is 2.15. The molecule has 12 heavy (non-hydrogen) atoms. The first-order valence-electron chi connectivity index (χ1n) is 4.81. The molecule has 2 atom stereocenters. The van der Waals surface area contributed by atoms with Gasteiger partial charge in [0.15, 0.2) is 0 Å². The standard InChI is InChI=1S/C9H19NO2/c1-2-10-6-9(11)8-4-3-5-12-7-8/h8-11H,2-7H2,1H3. The van der Waals surface area contributed by atoms with Crippen LogP contribution in [0.2, 0.25) is 0 Å². The number of hydrogen-bond acceptors (Lipinski definition) is 3. The van der Waals surface area contributed by atoms with Gasteiger partial charge in [-0.25, -0.2) is 0 Å². The van der Waals surface area contributed by atoms with Crippen LogP contribution in [0, 0.1) is 5.92 Å². The van der Waals surface area contributed by atoms with E-state index < -0.39 is 0 Å². The SMILES string of the molecule is CCNCC(O)C1CCCOC1. The summed E-state index contributed by atoms with van der Waals surface area (Å²) in [6.07, 6.45) is 1.96. The summed E-state index contributed by atoms with van der Waals surface area (Å²) >= 11 is 0. The summed E-state index contributed by atoms with van der Waals surface area (Å²) in [5, 5.41) is 12.8. The summed E-state index contributed by atoms with van der Waals surface area (Å²) in [6.45, 7) is 5.26. The predicted molar refractivity (Wildman–Crippen MR) is 48.1 cm³/mol. The van der Waals surface area contributed by atoms with Gasteiger partial charge in [-0.2, -0.15) is 0 Å². The molecule has 0 bridgehead atoms. The van der Waals surface area contributed by atoms with Crippen LogP contribution < -0.4 is 5.32 Å². The maximum absolute atomic E-state index is 9.66. The lowest BCUT2D eigenvalue weighted by Crippen LogP contribution is -2.36. The van der Waals surface area contributed by atoms with Crippen LogP contribution in [0.1, 0.15) is 19.8 Å². The molecule has 0 amide bonds. The molecule has 0 radical (unpaired) electrons. The van der Waals surface area contributed by atoms with Gasteiger partial charge >= 0.3 is 0 Å². The van der Waals surface area contributed by atoms with Crippen LogP contribution in [0.5, 0.6) is 0 Å². The Morgan fingerprint density at radius 2 is 2.50 bits per heavy atom. The summed E-state index contributed by atoms with van der Waals surface area (Å²) < 4.78 is 5.30. The smallest absolute Gasteiger partial charge is 0.0714 e. The third-order valence-electron chi connectivity index (χ3n) is 2.34. The van der Waals surface area contributed by atoms with Crippen molar-refractivity contribution in [2.45, 2.75) is 25.9 Å². The van der Waals surface area contributed by atoms with Crippen LogP contribution in [0.15, 0.2) is 0 Å². The van der Waals surface area contributed by atoms with Crippen molar-refractivity contribution in [3.8, 4) is 0 Å². The Balaban J connectivity index is 2.15. The average molecular weight is 173 g/mol. The molecule has 0 aromatic rings. The predicted octanol–water partition coefficient (Wildman–Crippen LogP) is 0.383. The number of hydrogen-bond donors (Lipinski definition) is 2. The molecule has 0 saturated carbocycles. The van der Waals surface area contributed by atoms with E-state index in [2.05, 4.69) is 5.32 Å². The molecule has 1 fully saturated rings. The summed E-state index contributed by atoms with van der Waals surface area (Å²) in [4.78, 5) is 0. The highest BCUT2D eigenvalue weighted by Crippen LogP contribution is 2.16. The van der Waals surface area contributed by atoms with E-state index in [9.17, 15) is 5.11 Å². The number of ether oxygens (including phenoxy) is 1. The first kappa shape index (κ1) is 9.96. The van der Waals surface area contributed by atoms with Crippen LogP contribution in [-0.2, 0) is 4.74 Å². The normalized spacial score (nSPS) is 27.0. The Labute approximate surface area is 74.1 Å². The molecule has 1 rings (SSSR count). The van der Waals surface area contributed by atoms with E-state index in [1.165, 1.54) is 0 Å². The second kappa shape index (κ2) is 5.51. The second-order valence-electron chi connectivity index (χ2n) is 3.35. The first-order chi connectivity index (χ1) is 5.84. The third kappa shape index (κ3) is 3.09. The number of rotatable bonds is 4. The first-order valence-corrected chi connectivity index (χ1v) is 4.81. The van der Waals surface area contributed by atoms with Gasteiger partial charge in [0.05, 0.1) is 12.7 Å². The fraction of sp³-hybridized carbons (Fsp3) is 1.00. The van der Waals surface area contributed by atoms with Crippen molar-refractivity contribution in [1.82, 2.24) is 5.32 Å². The van der Waals surface area contributed by atoms with Gasteiger partial charge in [-0.3, -0.25) is 0 Å². The maximum atomic E-state index is 9.66. The fourth-order valence-corrected chi connectivity index (χ4v) is 1.53. The minimum atomic E-state index is -0.231. The molecule has 72 valence electrons. The van der Waals surface area contributed by atoms with Crippen molar-refractivity contribution in [3.63, 3.8) is 0 Å². The summed E-state index contributed by atoms with van der Waals surface area (Å²) in [5.41, 5.74) is 0. The molecule has 0 spiro atoms. The van der Waals surface area contributed by atoms with Gasteiger partial charge in [0.1, 0.15) is 0 Å². The molecule has 0 aromatic carbocycles.